The lowest BCUT2D eigenvalue weighted by Gasteiger charge is -2.43. The van der Waals surface area contributed by atoms with Crippen LogP contribution >= 0.6 is 0 Å². The maximum absolute atomic E-state index is 12.6. The van der Waals surface area contributed by atoms with Crippen LogP contribution in [0.15, 0.2) is 24.3 Å². The molecule has 3 rings (SSSR count). The summed E-state index contributed by atoms with van der Waals surface area (Å²) >= 11 is 0. The van der Waals surface area contributed by atoms with Crippen molar-refractivity contribution in [2.45, 2.75) is 38.4 Å². The molecule has 0 aromatic heterocycles. The van der Waals surface area contributed by atoms with Crippen LogP contribution in [0.25, 0.3) is 0 Å². The van der Waals surface area contributed by atoms with Crippen molar-refractivity contribution in [2.75, 3.05) is 53.4 Å². The quantitative estimate of drug-likeness (QED) is 0.721. The molecule has 0 spiro atoms. The van der Waals surface area contributed by atoms with Crippen molar-refractivity contribution in [2.24, 2.45) is 0 Å². The molecule has 0 saturated carbocycles. The maximum Gasteiger partial charge on any atom is 0.337 e. The van der Waals surface area contributed by atoms with Crippen LogP contribution in [0.4, 0.5) is 0 Å². The van der Waals surface area contributed by atoms with Crippen molar-refractivity contribution in [3.8, 4) is 0 Å². The van der Waals surface area contributed by atoms with Gasteiger partial charge in [-0.3, -0.25) is 14.6 Å². The number of nitrogens with zero attached hydrogens (tertiary/aromatic N) is 3. The van der Waals surface area contributed by atoms with E-state index < -0.39 is 0 Å². The number of nitrogens with one attached hydrogen (secondary N) is 1. The monoisotopic (exact) mass is 402 g/mol. The number of hydrogen-bond donors (Lipinski definition) is 1. The summed E-state index contributed by atoms with van der Waals surface area (Å²) in [6.07, 6.45) is 2.57. The van der Waals surface area contributed by atoms with Crippen LogP contribution in [0.1, 0.15) is 35.7 Å². The number of hydrogen-bond acceptors (Lipinski definition) is 6. The van der Waals surface area contributed by atoms with Crippen molar-refractivity contribution in [3.63, 3.8) is 0 Å². The first-order valence-corrected chi connectivity index (χ1v) is 10.6. The Hall–Kier alpha value is -1.96. The molecule has 29 heavy (non-hydrogen) atoms. The van der Waals surface area contributed by atoms with Crippen LogP contribution in [-0.2, 0) is 16.1 Å². The number of carbonyl (C=O) groups excluding carboxylic acids is 2. The van der Waals surface area contributed by atoms with Gasteiger partial charge >= 0.3 is 5.97 Å². The van der Waals surface area contributed by atoms with Gasteiger partial charge in [-0.25, -0.2) is 4.79 Å². The number of amides is 1. The van der Waals surface area contributed by atoms with Gasteiger partial charge in [0.2, 0.25) is 5.91 Å². The molecular weight excluding hydrogens is 368 g/mol. The SMILES string of the molecule is COC(=O)c1ccc(CNC(=O)C(C)N2CCN(C3CCCN(C)C3)CC2)cc1. The normalized spacial score (nSPS) is 22.8. The lowest BCUT2D eigenvalue weighted by Crippen LogP contribution is -2.57. The van der Waals surface area contributed by atoms with Crippen LogP contribution in [0, 0.1) is 0 Å². The van der Waals surface area contributed by atoms with Crippen molar-refractivity contribution >= 4 is 11.9 Å². The number of piperazine rings is 1. The third kappa shape index (κ3) is 5.78. The smallest absolute Gasteiger partial charge is 0.337 e. The van der Waals surface area contributed by atoms with Crippen molar-refractivity contribution in [1.82, 2.24) is 20.0 Å². The number of likely N-dealkylation sites (N-methyl/N-ethyl adjacent to an activating group) is 1. The third-order valence-corrected chi connectivity index (χ3v) is 6.23. The zero-order valence-corrected chi connectivity index (χ0v) is 17.9. The second-order valence-corrected chi connectivity index (χ2v) is 8.21. The molecule has 2 fully saturated rings. The average molecular weight is 403 g/mol. The Bertz CT molecular complexity index is 686. The lowest BCUT2D eigenvalue weighted by molar-refractivity contribution is -0.126. The Morgan fingerprint density at radius 3 is 2.45 bits per heavy atom. The van der Waals surface area contributed by atoms with Crippen LogP contribution < -0.4 is 5.32 Å². The summed E-state index contributed by atoms with van der Waals surface area (Å²) in [5.74, 6) is -0.305. The van der Waals surface area contributed by atoms with Crippen LogP contribution in [-0.4, -0.2) is 92.1 Å². The predicted molar refractivity (Wildman–Crippen MR) is 113 cm³/mol. The van der Waals surface area contributed by atoms with Gasteiger partial charge in [-0.15, -0.1) is 0 Å². The highest BCUT2D eigenvalue weighted by Gasteiger charge is 2.30. The molecule has 0 aliphatic carbocycles. The first-order chi connectivity index (χ1) is 14.0. The van der Waals surface area contributed by atoms with E-state index in [1.807, 2.05) is 19.1 Å². The van der Waals surface area contributed by atoms with E-state index in [1.165, 1.54) is 26.5 Å². The van der Waals surface area contributed by atoms with E-state index in [0.29, 0.717) is 18.2 Å². The molecule has 7 heteroatoms. The fourth-order valence-corrected chi connectivity index (χ4v) is 4.31. The Morgan fingerprint density at radius 1 is 1.14 bits per heavy atom. The Kier molecular flexibility index (Phi) is 7.64. The predicted octanol–water partition coefficient (Wildman–Crippen LogP) is 1.19. The molecule has 2 unspecified atom stereocenters. The fourth-order valence-electron chi connectivity index (χ4n) is 4.31. The van der Waals surface area contributed by atoms with Gasteiger partial charge in [-0.1, -0.05) is 12.1 Å². The van der Waals surface area contributed by atoms with Gasteiger partial charge < -0.3 is 15.0 Å². The second-order valence-electron chi connectivity index (χ2n) is 8.21. The highest BCUT2D eigenvalue weighted by Crippen LogP contribution is 2.17. The third-order valence-electron chi connectivity index (χ3n) is 6.23. The number of esters is 1. The number of piperidine rings is 1. The summed E-state index contributed by atoms with van der Waals surface area (Å²) in [6.45, 7) is 8.74. The topological polar surface area (TPSA) is 65.1 Å². The van der Waals surface area contributed by atoms with Gasteiger partial charge in [0.25, 0.3) is 0 Å². The molecular formula is C22H34N4O3. The van der Waals surface area contributed by atoms with E-state index in [1.54, 1.807) is 12.1 Å². The van der Waals surface area contributed by atoms with Crippen LogP contribution in [0.2, 0.25) is 0 Å². The van der Waals surface area contributed by atoms with E-state index in [9.17, 15) is 9.59 Å². The number of carbonyl (C=O) groups is 2. The van der Waals surface area contributed by atoms with Crippen molar-refractivity contribution in [1.29, 1.82) is 0 Å². The van der Waals surface area contributed by atoms with Crippen molar-refractivity contribution < 1.29 is 14.3 Å². The molecule has 2 heterocycles. The highest BCUT2D eigenvalue weighted by molar-refractivity contribution is 5.89. The minimum Gasteiger partial charge on any atom is -0.465 e. The Balaban J connectivity index is 1.43. The minimum atomic E-state index is -0.353. The van der Waals surface area contributed by atoms with Crippen LogP contribution in [0.3, 0.4) is 0 Å². The molecule has 1 N–H and O–H groups in total. The summed E-state index contributed by atoms with van der Waals surface area (Å²) in [5, 5.41) is 3.02. The van der Waals surface area contributed by atoms with Gasteiger partial charge in [-0.05, 0) is 51.1 Å². The summed E-state index contributed by atoms with van der Waals surface area (Å²) in [7, 11) is 3.57. The fraction of sp³-hybridized carbons (Fsp3) is 0.636. The van der Waals surface area contributed by atoms with Gasteiger partial charge in [0.1, 0.15) is 0 Å². The summed E-state index contributed by atoms with van der Waals surface area (Å²) in [6, 6.07) is 7.65. The Labute approximate surface area is 174 Å². The molecule has 2 aliphatic rings. The van der Waals surface area contributed by atoms with Crippen molar-refractivity contribution in [3.05, 3.63) is 35.4 Å². The summed E-state index contributed by atoms with van der Waals surface area (Å²) in [4.78, 5) is 31.4. The molecule has 7 nitrogen and oxygen atoms in total. The molecule has 1 aromatic carbocycles. The summed E-state index contributed by atoms with van der Waals surface area (Å²) in [5.41, 5.74) is 1.47. The molecule has 160 valence electrons. The van der Waals surface area contributed by atoms with E-state index >= 15 is 0 Å². The number of rotatable bonds is 6. The van der Waals surface area contributed by atoms with E-state index in [-0.39, 0.29) is 17.9 Å². The molecule has 2 saturated heterocycles. The molecule has 2 aliphatic heterocycles. The highest BCUT2D eigenvalue weighted by atomic mass is 16.5. The molecule has 1 amide bonds. The molecule has 1 aromatic rings. The largest absolute Gasteiger partial charge is 0.465 e. The second kappa shape index (κ2) is 10.2. The first kappa shape index (κ1) is 21.7. The zero-order chi connectivity index (χ0) is 20.8. The van der Waals surface area contributed by atoms with E-state index in [2.05, 4.69) is 27.1 Å². The number of methoxy groups -OCH3 is 1. The van der Waals surface area contributed by atoms with Gasteiger partial charge in [-0.2, -0.15) is 0 Å². The zero-order valence-electron chi connectivity index (χ0n) is 17.9. The van der Waals surface area contributed by atoms with Gasteiger partial charge in [0.15, 0.2) is 0 Å². The maximum atomic E-state index is 12.6. The standard InChI is InChI=1S/C22H34N4O3/c1-17(21(27)23-15-18-6-8-19(9-7-18)22(28)29-3)25-11-13-26(14-12-25)20-5-4-10-24(2)16-20/h6-9,17,20H,4-5,10-16H2,1-3H3,(H,23,27). The number of benzene rings is 1. The molecule has 0 bridgehead atoms. The number of likely N-dealkylation sites (tertiary alicyclic amines) is 1. The summed E-state index contributed by atoms with van der Waals surface area (Å²) < 4.78 is 4.70. The lowest BCUT2D eigenvalue weighted by atomic mass is 10.0. The Morgan fingerprint density at radius 2 is 1.83 bits per heavy atom. The number of ether oxygens (including phenoxy) is 1. The first-order valence-electron chi connectivity index (χ1n) is 10.6. The van der Waals surface area contributed by atoms with Gasteiger partial charge in [0, 0.05) is 45.3 Å². The van der Waals surface area contributed by atoms with Crippen LogP contribution in [0.5, 0.6) is 0 Å². The van der Waals surface area contributed by atoms with E-state index in [4.69, 9.17) is 4.74 Å². The average Bonchev–Trinajstić information content (AvgIpc) is 2.77. The molecule has 0 radical (unpaired) electrons. The minimum absolute atomic E-state index is 0.0490. The van der Waals surface area contributed by atoms with Gasteiger partial charge in [0.05, 0.1) is 18.7 Å². The van der Waals surface area contributed by atoms with E-state index in [0.717, 1.165) is 38.3 Å². The molecule has 2 atom stereocenters.